The van der Waals surface area contributed by atoms with E-state index in [1.54, 1.807) is 12.3 Å². The first-order valence-corrected chi connectivity index (χ1v) is 8.69. The Morgan fingerprint density at radius 1 is 1.16 bits per heavy atom. The Kier molecular flexibility index (Phi) is 4.93. The molecule has 0 bridgehead atoms. The third kappa shape index (κ3) is 4.29. The van der Waals surface area contributed by atoms with Crippen LogP contribution >= 0.6 is 0 Å². The highest BCUT2D eigenvalue weighted by atomic mass is 16.2. The highest BCUT2D eigenvalue weighted by Gasteiger charge is 2.28. The lowest BCUT2D eigenvalue weighted by molar-refractivity contribution is 0.0729. The number of benzene rings is 1. The predicted molar refractivity (Wildman–Crippen MR) is 99.0 cm³/mol. The van der Waals surface area contributed by atoms with Gasteiger partial charge in [-0.05, 0) is 49.4 Å². The molecule has 1 amide bonds. The number of aromatic nitrogens is 1. The van der Waals surface area contributed by atoms with E-state index in [-0.39, 0.29) is 11.7 Å². The molecule has 25 heavy (non-hydrogen) atoms. The van der Waals surface area contributed by atoms with E-state index in [1.165, 1.54) is 19.8 Å². The van der Waals surface area contributed by atoms with Crippen LogP contribution in [0.25, 0.3) is 0 Å². The Bertz CT molecular complexity index is 758. The minimum Gasteiger partial charge on any atom is -0.378 e. The molecule has 1 aliphatic carbocycles. The SMILES string of the molecule is CC(=O)c1c[nH]c(C(=O)N(Cc2ccc(N(C)C)cc2)CC2CC2)c1. The highest BCUT2D eigenvalue weighted by molar-refractivity contribution is 5.99. The monoisotopic (exact) mass is 339 g/mol. The molecule has 1 aromatic carbocycles. The number of rotatable bonds is 7. The summed E-state index contributed by atoms with van der Waals surface area (Å²) in [6.45, 7) is 2.85. The summed E-state index contributed by atoms with van der Waals surface area (Å²) in [5.41, 5.74) is 3.28. The van der Waals surface area contributed by atoms with Crippen LogP contribution in [-0.4, -0.2) is 42.2 Å². The Morgan fingerprint density at radius 3 is 2.36 bits per heavy atom. The van der Waals surface area contributed by atoms with Crippen LogP contribution in [-0.2, 0) is 6.54 Å². The molecule has 1 fully saturated rings. The fourth-order valence-corrected chi connectivity index (χ4v) is 2.84. The van der Waals surface area contributed by atoms with Gasteiger partial charge in [0.1, 0.15) is 5.69 Å². The van der Waals surface area contributed by atoms with Crippen molar-refractivity contribution in [2.45, 2.75) is 26.3 Å². The van der Waals surface area contributed by atoms with Gasteiger partial charge in [0.25, 0.3) is 5.91 Å². The van der Waals surface area contributed by atoms with Crippen molar-refractivity contribution in [3.63, 3.8) is 0 Å². The summed E-state index contributed by atoms with van der Waals surface area (Å²) < 4.78 is 0. The molecule has 0 atom stereocenters. The molecule has 1 aromatic heterocycles. The van der Waals surface area contributed by atoms with Crippen molar-refractivity contribution in [3.8, 4) is 0 Å². The lowest BCUT2D eigenvalue weighted by atomic mass is 10.1. The van der Waals surface area contributed by atoms with Gasteiger partial charge < -0.3 is 14.8 Å². The van der Waals surface area contributed by atoms with Crippen LogP contribution in [0.5, 0.6) is 0 Å². The molecule has 0 unspecified atom stereocenters. The van der Waals surface area contributed by atoms with Crippen molar-refractivity contribution in [3.05, 3.63) is 53.3 Å². The summed E-state index contributed by atoms with van der Waals surface area (Å²) in [6, 6.07) is 9.92. The number of anilines is 1. The van der Waals surface area contributed by atoms with Crippen molar-refractivity contribution in [2.75, 3.05) is 25.5 Å². The van der Waals surface area contributed by atoms with Gasteiger partial charge in [-0.2, -0.15) is 0 Å². The quantitative estimate of drug-likeness (QED) is 0.787. The maximum atomic E-state index is 12.9. The van der Waals surface area contributed by atoms with Gasteiger partial charge in [-0.3, -0.25) is 9.59 Å². The second-order valence-electron chi connectivity index (χ2n) is 7.05. The van der Waals surface area contributed by atoms with Crippen LogP contribution in [0, 0.1) is 5.92 Å². The Labute approximate surface area is 148 Å². The van der Waals surface area contributed by atoms with E-state index < -0.39 is 0 Å². The number of carbonyl (C=O) groups is 2. The van der Waals surface area contributed by atoms with Gasteiger partial charge in [0, 0.05) is 44.6 Å². The number of H-pyrrole nitrogens is 1. The van der Waals surface area contributed by atoms with Crippen LogP contribution in [0.2, 0.25) is 0 Å². The molecule has 1 heterocycles. The molecule has 0 aliphatic heterocycles. The number of hydrogen-bond acceptors (Lipinski definition) is 3. The first-order valence-electron chi connectivity index (χ1n) is 8.69. The predicted octanol–water partition coefficient (Wildman–Crippen LogP) is 3.34. The summed E-state index contributed by atoms with van der Waals surface area (Å²) in [6.07, 6.45) is 3.98. The second kappa shape index (κ2) is 7.13. The number of nitrogens with zero attached hydrogens (tertiary/aromatic N) is 2. The molecule has 1 aliphatic rings. The third-order valence-electron chi connectivity index (χ3n) is 4.61. The van der Waals surface area contributed by atoms with Gasteiger partial charge in [0.2, 0.25) is 0 Å². The van der Waals surface area contributed by atoms with E-state index in [9.17, 15) is 9.59 Å². The summed E-state index contributed by atoms with van der Waals surface area (Å²) in [4.78, 5) is 31.3. The van der Waals surface area contributed by atoms with E-state index in [0.29, 0.717) is 23.7 Å². The van der Waals surface area contributed by atoms with Crippen LogP contribution in [0.3, 0.4) is 0 Å². The molecule has 5 heteroatoms. The third-order valence-corrected chi connectivity index (χ3v) is 4.61. The van der Waals surface area contributed by atoms with E-state index in [2.05, 4.69) is 34.1 Å². The van der Waals surface area contributed by atoms with E-state index in [1.807, 2.05) is 19.0 Å². The maximum absolute atomic E-state index is 12.9. The molecule has 0 radical (unpaired) electrons. The number of amides is 1. The van der Waals surface area contributed by atoms with Crippen LogP contribution in [0.15, 0.2) is 36.5 Å². The molecule has 2 aromatic rings. The van der Waals surface area contributed by atoms with Gasteiger partial charge in [-0.25, -0.2) is 0 Å². The normalized spacial score (nSPS) is 13.6. The van der Waals surface area contributed by atoms with Crippen molar-refractivity contribution in [2.24, 2.45) is 5.92 Å². The zero-order valence-electron chi connectivity index (χ0n) is 15.1. The number of nitrogens with one attached hydrogen (secondary N) is 1. The Hall–Kier alpha value is -2.56. The van der Waals surface area contributed by atoms with Crippen molar-refractivity contribution < 1.29 is 9.59 Å². The van der Waals surface area contributed by atoms with Crippen molar-refractivity contribution >= 4 is 17.4 Å². The Balaban J connectivity index is 1.76. The summed E-state index contributed by atoms with van der Waals surface area (Å²) in [5.74, 6) is 0.520. The first kappa shape index (κ1) is 17.3. The van der Waals surface area contributed by atoms with E-state index >= 15 is 0 Å². The fraction of sp³-hybridized carbons (Fsp3) is 0.400. The molecular formula is C20H25N3O2. The van der Waals surface area contributed by atoms with Crippen molar-refractivity contribution in [1.82, 2.24) is 9.88 Å². The number of ketones is 1. The largest absolute Gasteiger partial charge is 0.378 e. The fourth-order valence-electron chi connectivity index (χ4n) is 2.84. The molecule has 0 saturated heterocycles. The summed E-state index contributed by atoms with van der Waals surface area (Å²) in [5, 5.41) is 0. The molecule has 3 rings (SSSR count). The topological polar surface area (TPSA) is 56.4 Å². The average Bonchev–Trinajstić information content (AvgIpc) is 3.25. The van der Waals surface area contributed by atoms with Gasteiger partial charge in [-0.1, -0.05) is 12.1 Å². The molecule has 0 spiro atoms. The molecule has 1 saturated carbocycles. The van der Waals surface area contributed by atoms with Crippen LogP contribution in [0.4, 0.5) is 5.69 Å². The Morgan fingerprint density at radius 2 is 1.84 bits per heavy atom. The number of aromatic amines is 1. The molecule has 132 valence electrons. The van der Waals surface area contributed by atoms with Gasteiger partial charge in [0.05, 0.1) is 0 Å². The number of hydrogen-bond donors (Lipinski definition) is 1. The average molecular weight is 339 g/mol. The minimum absolute atomic E-state index is 0.0386. The smallest absolute Gasteiger partial charge is 0.270 e. The summed E-state index contributed by atoms with van der Waals surface area (Å²) >= 11 is 0. The number of Topliss-reactive ketones (excluding diaryl/α,β-unsaturated/α-hetero) is 1. The standard InChI is InChI=1S/C20H25N3O2/c1-14(24)17-10-19(21-11-17)20(25)23(12-15-4-5-15)13-16-6-8-18(9-7-16)22(2)3/h6-11,15,21H,4-5,12-13H2,1-3H3. The van der Waals surface area contributed by atoms with E-state index in [0.717, 1.165) is 17.8 Å². The van der Waals surface area contributed by atoms with Crippen LogP contribution < -0.4 is 4.90 Å². The first-order chi connectivity index (χ1) is 11.9. The molecule has 5 nitrogen and oxygen atoms in total. The minimum atomic E-state index is -0.0453. The van der Waals surface area contributed by atoms with Gasteiger partial charge >= 0.3 is 0 Å². The zero-order chi connectivity index (χ0) is 18.0. The van der Waals surface area contributed by atoms with Gasteiger partial charge in [-0.15, -0.1) is 0 Å². The number of carbonyl (C=O) groups excluding carboxylic acids is 2. The zero-order valence-corrected chi connectivity index (χ0v) is 15.1. The maximum Gasteiger partial charge on any atom is 0.270 e. The molecular weight excluding hydrogens is 314 g/mol. The van der Waals surface area contributed by atoms with E-state index in [4.69, 9.17) is 0 Å². The highest BCUT2D eigenvalue weighted by Crippen LogP contribution is 2.31. The van der Waals surface area contributed by atoms with Gasteiger partial charge in [0.15, 0.2) is 5.78 Å². The van der Waals surface area contributed by atoms with Crippen molar-refractivity contribution in [1.29, 1.82) is 0 Å². The second-order valence-corrected chi connectivity index (χ2v) is 7.05. The lowest BCUT2D eigenvalue weighted by Crippen LogP contribution is -2.32. The molecule has 1 N–H and O–H groups in total. The summed E-state index contributed by atoms with van der Waals surface area (Å²) in [7, 11) is 4.02. The lowest BCUT2D eigenvalue weighted by Gasteiger charge is -2.23. The van der Waals surface area contributed by atoms with Crippen LogP contribution in [0.1, 0.15) is 46.2 Å².